The molecule has 1 aromatic carbocycles. The highest BCUT2D eigenvalue weighted by Gasteiger charge is 2.09. The first-order valence-corrected chi connectivity index (χ1v) is 6.79. The number of hydrogen-bond donors (Lipinski definition) is 2. The van der Waals surface area contributed by atoms with Crippen LogP contribution in [0.1, 0.15) is 10.4 Å². The molecule has 17 heavy (non-hydrogen) atoms. The summed E-state index contributed by atoms with van der Waals surface area (Å²) in [6, 6.07) is 4.10. The Morgan fingerprint density at radius 3 is 2.59 bits per heavy atom. The van der Waals surface area contributed by atoms with Gasteiger partial charge in [0.1, 0.15) is 12.4 Å². The second kappa shape index (κ2) is 5.05. The summed E-state index contributed by atoms with van der Waals surface area (Å²) in [6.07, 6.45) is 1.11. The number of rotatable bonds is 5. The number of benzene rings is 1. The van der Waals surface area contributed by atoms with Crippen molar-refractivity contribution in [2.45, 2.75) is 0 Å². The van der Waals surface area contributed by atoms with Crippen molar-refractivity contribution in [3.05, 3.63) is 23.8 Å². The summed E-state index contributed by atoms with van der Waals surface area (Å²) in [7, 11) is -3.08. The van der Waals surface area contributed by atoms with Crippen molar-refractivity contribution in [2.75, 3.05) is 24.3 Å². The highest BCUT2D eigenvalue weighted by atomic mass is 32.2. The molecule has 0 atom stereocenters. The molecule has 0 aliphatic heterocycles. The van der Waals surface area contributed by atoms with Crippen LogP contribution >= 0.6 is 0 Å². The molecule has 6 nitrogen and oxygen atoms in total. The van der Waals surface area contributed by atoms with Crippen LogP contribution in [-0.4, -0.2) is 38.1 Å². The van der Waals surface area contributed by atoms with Gasteiger partial charge in [-0.1, -0.05) is 0 Å². The van der Waals surface area contributed by atoms with E-state index >= 15 is 0 Å². The average Bonchev–Trinajstić information content (AvgIpc) is 2.15. The summed E-state index contributed by atoms with van der Waals surface area (Å²) in [5, 5.41) is 8.74. The molecule has 1 aromatic rings. The van der Waals surface area contributed by atoms with Crippen molar-refractivity contribution in [1.29, 1.82) is 0 Å². The van der Waals surface area contributed by atoms with Crippen LogP contribution < -0.4 is 10.5 Å². The van der Waals surface area contributed by atoms with Crippen molar-refractivity contribution in [2.24, 2.45) is 0 Å². The number of nitrogen functional groups attached to an aromatic ring is 1. The topological polar surface area (TPSA) is 107 Å². The minimum atomic E-state index is -3.08. The number of anilines is 1. The molecule has 0 spiro atoms. The van der Waals surface area contributed by atoms with E-state index in [4.69, 9.17) is 15.6 Å². The number of nitrogens with two attached hydrogens (primary N) is 1. The summed E-state index contributed by atoms with van der Waals surface area (Å²) >= 11 is 0. The van der Waals surface area contributed by atoms with E-state index in [1.54, 1.807) is 0 Å². The maximum atomic E-state index is 10.8. The molecule has 0 bridgehead atoms. The van der Waals surface area contributed by atoms with Crippen molar-refractivity contribution >= 4 is 21.5 Å². The van der Waals surface area contributed by atoms with Crippen LogP contribution in [0, 0.1) is 0 Å². The van der Waals surface area contributed by atoms with Gasteiger partial charge in [-0.2, -0.15) is 0 Å². The third-order valence-corrected chi connectivity index (χ3v) is 2.88. The molecule has 0 saturated carbocycles. The second-order valence-electron chi connectivity index (χ2n) is 3.53. The number of ether oxygens (including phenoxy) is 1. The monoisotopic (exact) mass is 259 g/mol. The lowest BCUT2D eigenvalue weighted by molar-refractivity contribution is 0.0698. The Bertz CT molecular complexity index is 523. The van der Waals surface area contributed by atoms with E-state index in [0.29, 0.717) is 5.75 Å². The molecule has 0 amide bonds. The van der Waals surface area contributed by atoms with Gasteiger partial charge in [-0.25, -0.2) is 13.2 Å². The van der Waals surface area contributed by atoms with Crippen LogP contribution in [0.3, 0.4) is 0 Å². The summed E-state index contributed by atoms with van der Waals surface area (Å²) in [5.74, 6) is -0.880. The van der Waals surface area contributed by atoms with Crippen LogP contribution in [0.25, 0.3) is 0 Å². The maximum Gasteiger partial charge on any atom is 0.337 e. The van der Waals surface area contributed by atoms with Gasteiger partial charge >= 0.3 is 5.97 Å². The van der Waals surface area contributed by atoms with E-state index in [2.05, 4.69) is 0 Å². The Labute approximate surface area is 98.9 Å². The summed E-state index contributed by atoms with van der Waals surface area (Å²) in [4.78, 5) is 10.7. The minimum absolute atomic E-state index is 0.00465. The molecule has 0 aromatic heterocycles. The predicted octanol–water partition coefficient (Wildman–Crippen LogP) is 0.390. The number of aromatic carboxylic acids is 1. The van der Waals surface area contributed by atoms with Gasteiger partial charge in [0.25, 0.3) is 0 Å². The van der Waals surface area contributed by atoms with Crippen LogP contribution in [-0.2, 0) is 9.84 Å². The molecule has 0 unspecified atom stereocenters. The largest absolute Gasteiger partial charge is 0.492 e. The highest BCUT2D eigenvalue weighted by molar-refractivity contribution is 7.90. The summed E-state index contributed by atoms with van der Waals surface area (Å²) < 4.78 is 26.8. The Morgan fingerprint density at radius 2 is 2.12 bits per heavy atom. The fraction of sp³-hybridized carbons (Fsp3) is 0.300. The number of carbonyl (C=O) groups is 1. The Balaban J connectivity index is 2.68. The molecular weight excluding hydrogens is 246 g/mol. The lowest BCUT2D eigenvalue weighted by atomic mass is 10.2. The molecule has 7 heteroatoms. The first kappa shape index (κ1) is 13.3. The summed E-state index contributed by atoms with van der Waals surface area (Å²) in [5.41, 5.74) is 5.57. The van der Waals surface area contributed by atoms with Crippen LogP contribution in [0.2, 0.25) is 0 Å². The molecule has 0 fully saturated rings. The fourth-order valence-corrected chi connectivity index (χ4v) is 1.52. The molecule has 3 N–H and O–H groups in total. The average molecular weight is 259 g/mol. The van der Waals surface area contributed by atoms with Crippen molar-refractivity contribution < 1.29 is 23.1 Å². The van der Waals surface area contributed by atoms with Crippen molar-refractivity contribution in [3.63, 3.8) is 0 Å². The SMILES string of the molecule is CS(=O)(=O)CCOc1ccc(C(=O)O)c(N)c1. The molecule has 0 heterocycles. The van der Waals surface area contributed by atoms with Gasteiger partial charge < -0.3 is 15.6 Å². The Kier molecular flexibility index (Phi) is 3.95. The molecule has 0 saturated heterocycles. The van der Waals surface area contributed by atoms with Gasteiger partial charge in [-0.15, -0.1) is 0 Å². The van der Waals surface area contributed by atoms with E-state index in [0.717, 1.165) is 6.26 Å². The van der Waals surface area contributed by atoms with Gasteiger partial charge in [0, 0.05) is 18.0 Å². The van der Waals surface area contributed by atoms with Gasteiger partial charge in [0.05, 0.1) is 11.3 Å². The third kappa shape index (κ3) is 4.31. The number of sulfone groups is 1. The van der Waals surface area contributed by atoms with Gasteiger partial charge in [0.2, 0.25) is 0 Å². The first-order chi connectivity index (χ1) is 7.79. The van der Waals surface area contributed by atoms with Gasteiger partial charge in [-0.3, -0.25) is 0 Å². The smallest absolute Gasteiger partial charge is 0.337 e. The Morgan fingerprint density at radius 1 is 1.47 bits per heavy atom. The van der Waals surface area contributed by atoms with Crippen LogP contribution in [0.5, 0.6) is 5.75 Å². The first-order valence-electron chi connectivity index (χ1n) is 4.73. The van der Waals surface area contributed by atoms with Gasteiger partial charge in [0.15, 0.2) is 9.84 Å². The van der Waals surface area contributed by atoms with E-state index < -0.39 is 15.8 Å². The lowest BCUT2D eigenvalue weighted by Gasteiger charge is -2.07. The lowest BCUT2D eigenvalue weighted by Crippen LogP contribution is -2.12. The summed E-state index contributed by atoms with van der Waals surface area (Å²) in [6.45, 7) is 0.00465. The Hall–Kier alpha value is -1.76. The molecule has 0 aliphatic rings. The van der Waals surface area contributed by atoms with Crippen molar-refractivity contribution in [1.82, 2.24) is 0 Å². The fourth-order valence-electron chi connectivity index (χ4n) is 1.14. The molecule has 0 aliphatic carbocycles. The maximum absolute atomic E-state index is 10.8. The van der Waals surface area contributed by atoms with Gasteiger partial charge in [-0.05, 0) is 12.1 Å². The zero-order valence-corrected chi connectivity index (χ0v) is 10.0. The molecule has 0 radical (unpaired) electrons. The molecule has 1 rings (SSSR count). The van der Waals surface area contributed by atoms with Crippen LogP contribution in [0.4, 0.5) is 5.69 Å². The van der Waals surface area contributed by atoms with Crippen molar-refractivity contribution in [3.8, 4) is 5.75 Å². The minimum Gasteiger partial charge on any atom is -0.492 e. The third-order valence-electron chi connectivity index (χ3n) is 1.98. The normalized spacial score (nSPS) is 11.1. The zero-order chi connectivity index (χ0) is 13.1. The standard InChI is InChI=1S/C10H13NO5S/c1-17(14,15)5-4-16-7-2-3-8(10(12)13)9(11)6-7/h2-3,6H,4-5,11H2,1H3,(H,12,13). The second-order valence-corrected chi connectivity index (χ2v) is 5.79. The number of carboxylic acids is 1. The number of hydrogen-bond acceptors (Lipinski definition) is 5. The zero-order valence-electron chi connectivity index (χ0n) is 9.21. The quantitative estimate of drug-likeness (QED) is 0.741. The molecular formula is C10H13NO5S. The van der Waals surface area contributed by atoms with E-state index in [9.17, 15) is 13.2 Å². The highest BCUT2D eigenvalue weighted by Crippen LogP contribution is 2.19. The van der Waals surface area contributed by atoms with E-state index in [1.807, 2.05) is 0 Å². The van der Waals surface area contributed by atoms with E-state index in [1.165, 1.54) is 18.2 Å². The van der Waals surface area contributed by atoms with Crippen LogP contribution in [0.15, 0.2) is 18.2 Å². The number of carboxylic acid groups (broad SMARTS) is 1. The predicted molar refractivity (Wildman–Crippen MR) is 63.0 cm³/mol. The molecule has 94 valence electrons. The van der Waals surface area contributed by atoms with E-state index in [-0.39, 0.29) is 23.6 Å².